The first-order valence-corrected chi connectivity index (χ1v) is 10.3. The summed E-state index contributed by atoms with van der Waals surface area (Å²) in [5, 5.41) is 0. The molecule has 0 saturated heterocycles. The van der Waals surface area contributed by atoms with Crippen LogP contribution in [0.4, 0.5) is 11.4 Å². The molecule has 2 aliphatic rings. The van der Waals surface area contributed by atoms with E-state index in [0.717, 1.165) is 0 Å². The first-order valence-electron chi connectivity index (χ1n) is 10.3. The number of nitrogens with zero attached hydrogens (tertiary/aromatic N) is 1. The van der Waals surface area contributed by atoms with Gasteiger partial charge in [0.2, 0.25) is 0 Å². The quantitative estimate of drug-likeness (QED) is 0.486. The van der Waals surface area contributed by atoms with Crippen molar-refractivity contribution in [2.45, 2.75) is 51.0 Å². The van der Waals surface area contributed by atoms with Crippen LogP contribution in [-0.4, -0.2) is 6.04 Å². The third-order valence-electron chi connectivity index (χ3n) is 6.54. The molecule has 1 heteroatoms. The Labute approximate surface area is 162 Å². The van der Waals surface area contributed by atoms with Gasteiger partial charge in [0.05, 0.1) is 0 Å². The van der Waals surface area contributed by atoms with E-state index in [0.29, 0.717) is 6.04 Å². The Morgan fingerprint density at radius 2 is 1.37 bits per heavy atom. The maximum absolute atomic E-state index is 2.49. The van der Waals surface area contributed by atoms with E-state index in [1.54, 1.807) is 11.1 Å². The molecule has 1 nitrogen and oxygen atoms in total. The van der Waals surface area contributed by atoms with Crippen molar-refractivity contribution in [2.75, 3.05) is 4.90 Å². The van der Waals surface area contributed by atoms with Crippen LogP contribution in [0.15, 0.2) is 72.8 Å². The summed E-state index contributed by atoms with van der Waals surface area (Å²) in [7, 11) is 0. The molecular formula is C26H27N. The second kappa shape index (κ2) is 6.27. The zero-order valence-corrected chi connectivity index (χ0v) is 16.3. The highest BCUT2D eigenvalue weighted by molar-refractivity contribution is 5.84. The van der Waals surface area contributed by atoms with Gasteiger partial charge in [-0.3, -0.25) is 0 Å². The van der Waals surface area contributed by atoms with Crippen LogP contribution in [-0.2, 0) is 5.41 Å². The molecule has 3 aromatic rings. The SMILES string of the molecule is CC(C)N(c1ccccc1)c1ccc2c(c1)C1(CCCC1)c1ccccc1-2. The largest absolute Gasteiger partial charge is 0.339 e. The molecule has 1 spiro atoms. The Balaban J connectivity index is 1.68. The average Bonchev–Trinajstić information content (AvgIpc) is 3.29. The van der Waals surface area contributed by atoms with Crippen LogP contribution in [0, 0.1) is 0 Å². The zero-order valence-electron chi connectivity index (χ0n) is 16.3. The van der Waals surface area contributed by atoms with Gasteiger partial charge in [-0.1, -0.05) is 61.4 Å². The van der Waals surface area contributed by atoms with Crippen molar-refractivity contribution in [3.8, 4) is 11.1 Å². The van der Waals surface area contributed by atoms with Crippen LogP contribution in [0.2, 0.25) is 0 Å². The monoisotopic (exact) mass is 353 g/mol. The van der Waals surface area contributed by atoms with Gasteiger partial charge >= 0.3 is 0 Å². The normalized spacial score (nSPS) is 16.6. The Morgan fingerprint density at radius 1 is 0.704 bits per heavy atom. The van der Waals surface area contributed by atoms with Crippen molar-refractivity contribution in [2.24, 2.45) is 0 Å². The number of benzene rings is 3. The minimum Gasteiger partial charge on any atom is -0.339 e. The van der Waals surface area contributed by atoms with Crippen molar-refractivity contribution in [3.05, 3.63) is 83.9 Å². The molecule has 0 aliphatic heterocycles. The summed E-state index contributed by atoms with van der Waals surface area (Å²) < 4.78 is 0. The molecule has 0 aromatic heterocycles. The molecule has 136 valence electrons. The maximum Gasteiger partial charge on any atom is 0.0416 e. The average molecular weight is 354 g/mol. The smallest absolute Gasteiger partial charge is 0.0416 e. The number of rotatable bonds is 3. The van der Waals surface area contributed by atoms with Crippen molar-refractivity contribution in [1.29, 1.82) is 0 Å². The van der Waals surface area contributed by atoms with E-state index >= 15 is 0 Å². The predicted octanol–water partition coefficient (Wildman–Crippen LogP) is 7.07. The molecule has 0 radical (unpaired) electrons. The summed E-state index contributed by atoms with van der Waals surface area (Å²) in [6.07, 6.45) is 5.25. The van der Waals surface area contributed by atoms with E-state index in [1.807, 2.05) is 0 Å². The van der Waals surface area contributed by atoms with Crippen LogP contribution >= 0.6 is 0 Å². The van der Waals surface area contributed by atoms with Gasteiger partial charge < -0.3 is 4.90 Å². The second-order valence-corrected chi connectivity index (χ2v) is 8.36. The molecule has 0 atom stereocenters. The predicted molar refractivity (Wildman–Crippen MR) is 115 cm³/mol. The third-order valence-corrected chi connectivity index (χ3v) is 6.54. The first-order chi connectivity index (χ1) is 13.2. The van der Waals surface area contributed by atoms with Crippen molar-refractivity contribution in [1.82, 2.24) is 0 Å². The molecule has 0 unspecified atom stereocenters. The number of fused-ring (bicyclic) bond motifs is 5. The summed E-state index contributed by atoms with van der Waals surface area (Å²) >= 11 is 0. The number of para-hydroxylation sites is 1. The topological polar surface area (TPSA) is 3.24 Å². The summed E-state index contributed by atoms with van der Waals surface area (Å²) in [5.41, 5.74) is 8.84. The lowest BCUT2D eigenvalue weighted by Gasteiger charge is -2.32. The van der Waals surface area contributed by atoms with E-state index in [2.05, 4.69) is 91.5 Å². The fourth-order valence-corrected chi connectivity index (χ4v) is 5.44. The van der Waals surface area contributed by atoms with Gasteiger partial charge in [0.25, 0.3) is 0 Å². The van der Waals surface area contributed by atoms with E-state index in [4.69, 9.17) is 0 Å². The first kappa shape index (κ1) is 16.6. The lowest BCUT2D eigenvalue weighted by atomic mass is 9.76. The molecule has 27 heavy (non-hydrogen) atoms. The molecule has 1 fully saturated rings. The van der Waals surface area contributed by atoms with E-state index in [-0.39, 0.29) is 5.41 Å². The highest BCUT2D eigenvalue weighted by atomic mass is 15.2. The fraction of sp³-hybridized carbons (Fsp3) is 0.308. The summed E-state index contributed by atoms with van der Waals surface area (Å²) in [4.78, 5) is 2.46. The molecule has 0 amide bonds. The minimum absolute atomic E-state index is 0.237. The molecule has 3 aromatic carbocycles. The van der Waals surface area contributed by atoms with Gasteiger partial charge in [-0.15, -0.1) is 0 Å². The van der Waals surface area contributed by atoms with Gasteiger partial charge in [-0.25, -0.2) is 0 Å². The van der Waals surface area contributed by atoms with Gasteiger partial charge in [-0.05, 0) is 73.2 Å². The van der Waals surface area contributed by atoms with Gasteiger partial charge in [0.15, 0.2) is 0 Å². The van der Waals surface area contributed by atoms with Crippen LogP contribution < -0.4 is 4.90 Å². The molecule has 2 aliphatic carbocycles. The highest BCUT2D eigenvalue weighted by Gasteiger charge is 2.45. The zero-order chi connectivity index (χ0) is 18.4. The standard InChI is InChI=1S/C26H27N/c1-19(2)27(20-10-4-3-5-11-20)21-14-15-23-22-12-6-7-13-24(22)26(25(23)18-21)16-8-9-17-26/h3-7,10-15,18-19H,8-9,16-17H2,1-2H3. The second-order valence-electron chi connectivity index (χ2n) is 8.36. The van der Waals surface area contributed by atoms with Crippen molar-refractivity contribution >= 4 is 11.4 Å². The van der Waals surface area contributed by atoms with Gasteiger partial charge in [-0.2, -0.15) is 0 Å². The minimum atomic E-state index is 0.237. The molecular weight excluding hydrogens is 326 g/mol. The third kappa shape index (κ3) is 2.45. The Kier molecular flexibility index (Phi) is 3.86. The van der Waals surface area contributed by atoms with Gasteiger partial charge in [0.1, 0.15) is 0 Å². The highest BCUT2D eigenvalue weighted by Crippen LogP contribution is 2.57. The van der Waals surface area contributed by atoms with E-state index < -0.39 is 0 Å². The van der Waals surface area contributed by atoms with Gasteiger partial charge in [0, 0.05) is 22.8 Å². The molecule has 0 N–H and O–H groups in total. The molecule has 0 bridgehead atoms. The van der Waals surface area contributed by atoms with Crippen LogP contribution in [0.25, 0.3) is 11.1 Å². The van der Waals surface area contributed by atoms with E-state index in [1.165, 1.54) is 48.2 Å². The van der Waals surface area contributed by atoms with Crippen molar-refractivity contribution in [3.63, 3.8) is 0 Å². The van der Waals surface area contributed by atoms with Crippen LogP contribution in [0.3, 0.4) is 0 Å². The number of anilines is 2. The maximum atomic E-state index is 2.49. The van der Waals surface area contributed by atoms with Crippen LogP contribution in [0.5, 0.6) is 0 Å². The number of hydrogen-bond donors (Lipinski definition) is 0. The Hall–Kier alpha value is -2.54. The summed E-state index contributed by atoms with van der Waals surface area (Å²) in [6.45, 7) is 4.56. The Morgan fingerprint density at radius 3 is 2.11 bits per heavy atom. The van der Waals surface area contributed by atoms with Crippen molar-refractivity contribution < 1.29 is 0 Å². The Bertz CT molecular complexity index is 965. The fourth-order valence-electron chi connectivity index (χ4n) is 5.44. The molecule has 5 rings (SSSR count). The summed E-state index contributed by atoms with van der Waals surface area (Å²) in [5.74, 6) is 0. The molecule has 0 heterocycles. The number of hydrogen-bond acceptors (Lipinski definition) is 1. The lowest BCUT2D eigenvalue weighted by Crippen LogP contribution is -2.26. The van der Waals surface area contributed by atoms with E-state index in [9.17, 15) is 0 Å². The lowest BCUT2D eigenvalue weighted by molar-refractivity contribution is 0.550. The molecule has 1 saturated carbocycles. The van der Waals surface area contributed by atoms with Crippen LogP contribution in [0.1, 0.15) is 50.7 Å². The summed E-state index contributed by atoms with van der Waals surface area (Å²) in [6, 6.07) is 27.5.